The Morgan fingerprint density at radius 1 is 1.29 bits per heavy atom. The van der Waals surface area contributed by atoms with Gasteiger partial charge in [-0.15, -0.1) is 0 Å². The molecule has 0 aromatic carbocycles. The Morgan fingerprint density at radius 3 is 2.92 bits per heavy atom. The molecule has 1 aliphatic rings. The zero-order valence-electron chi connectivity index (χ0n) is 14.2. The lowest BCUT2D eigenvalue weighted by atomic mass is 10.2. The van der Waals surface area contributed by atoms with Crippen molar-refractivity contribution >= 4 is 11.7 Å². The number of carbonyl (C=O) groups excluding carboxylic acids is 1. The summed E-state index contributed by atoms with van der Waals surface area (Å²) >= 11 is 0. The zero-order valence-corrected chi connectivity index (χ0v) is 14.2. The van der Waals surface area contributed by atoms with E-state index in [1.54, 1.807) is 13.1 Å². The molecule has 0 radical (unpaired) electrons. The van der Waals surface area contributed by atoms with E-state index >= 15 is 0 Å². The van der Waals surface area contributed by atoms with Crippen LogP contribution in [0.3, 0.4) is 0 Å². The van der Waals surface area contributed by atoms with Crippen LogP contribution in [0.5, 0.6) is 0 Å². The minimum absolute atomic E-state index is 0.0121. The number of aromatic nitrogens is 3. The Morgan fingerprint density at radius 2 is 2.17 bits per heavy atom. The Bertz CT molecular complexity index is 717. The maximum atomic E-state index is 11.0. The van der Waals surface area contributed by atoms with Gasteiger partial charge in [-0.2, -0.15) is 0 Å². The van der Waals surface area contributed by atoms with Gasteiger partial charge in [0.25, 0.3) is 0 Å². The molecule has 0 saturated carbocycles. The van der Waals surface area contributed by atoms with Crippen LogP contribution in [0.15, 0.2) is 24.4 Å². The van der Waals surface area contributed by atoms with Gasteiger partial charge in [0.05, 0.1) is 0 Å². The third kappa shape index (κ3) is 3.69. The first-order chi connectivity index (χ1) is 11.6. The van der Waals surface area contributed by atoms with Gasteiger partial charge < -0.3 is 10.2 Å². The summed E-state index contributed by atoms with van der Waals surface area (Å²) in [4.78, 5) is 27.0. The fourth-order valence-electron chi connectivity index (χ4n) is 3.02. The highest BCUT2D eigenvalue weighted by Crippen LogP contribution is 2.30. The summed E-state index contributed by atoms with van der Waals surface area (Å²) in [6.07, 6.45) is 5.81. The van der Waals surface area contributed by atoms with Crippen molar-refractivity contribution in [1.29, 1.82) is 0 Å². The molecule has 0 bridgehead atoms. The van der Waals surface area contributed by atoms with Gasteiger partial charge in [0.15, 0.2) is 5.82 Å². The molecule has 0 atom stereocenters. The average Bonchev–Trinajstić information content (AvgIpc) is 3.06. The van der Waals surface area contributed by atoms with Crippen LogP contribution < -0.4 is 10.2 Å². The molecule has 3 rings (SSSR count). The SMILES string of the molecule is CC(=O)NCCCN(C)c1nc(-c2ccccn2)nc2c1CCC2. The molecule has 2 aromatic rings. The second-order valence-corrected chi connectivity index (χ2v) is 6.12. The number of hydrogen-bond donors (Lipinski definition) is 1. The molecular formula is C18H23N5O. The summed E-state index contributed by atoms with van der Waals surface area (Å²) in [5.41, 5.74) is 3.21. The number of rotatable bonds is 6. The molecule has 2 aromatic heterocycles. The lowest BCUT2D eigenvalue weighted by molar-refractivity contribution is -0.118. The van der Waals surface area contributed by atoms with E-state index in [1.165, 1.54) is 5.56 Å². The summed E-state index contributed by atoms with van der Waals surface area (Å²) in [7, 11) is 2.05. The Balaban J connectivity index is 1.81. The molecular weight excluding hydrogens is 302 g/mol. The van der Waals surface area contributed by atoms with Crippen LogP contribution in [0.4, 0.5) is 5.82 Å². The van der Waals surface area contributed by atoms with Crippen molar-refractivity contribution < 1.29 is 4.79 Å². The van der Waals surface area contributed by atoms with Crippen LogP contribution in [0, 0.1) is 0 Å². The standard InChI is InChI=1S/C18H23N5O/c1-13(24)19-11-6-12-23(2)18-14-7-5-9-15(14)21-17(22-18)16-8-3-4-10-20-16/h3-4,8,10H,5-7,9,11-12H2,1-2H3,(H,19,24). The van der Waals surface area contributed by atoms with Gasteiger partial charge in [-0.05, 0) is 37.8 Å². The van der Waals surface area contributed by atoms with Gasteiger partial charge in [0.2, 0.25) is 5.91 Å². The molecule has 1 amide bonds. The molecule has 0 fully saturated rings. The lowest BCUT2D eigenvalue weighted by Crippen LogP contribution is -2.27. The third-order valence-corrected chi connectivity index (χ3v) is 4.21. The number of anilines is 1. The summed E-state index contributed by atoms with van der Waals surface area (Å²) in [6, 6.07) is 5.79. The summed E-state index contributed by atoms with van der Waals surface area (Å²) in [5, 5.41) is 2.83. The summed E-state index contributed by atoms with van der Waals surface area (Å²) < 4.78 is 0. The van der Waals surface area contributed by atoms with E-state index in [9.17, 15) is 4.79 Å². The average molecular weight is 325 g/mol. The predicted molar refractivity (Wildman–Crippen MR) is 93.9 cm³/mol. The smallest absolute Gasteiger partial charge is 0.216 e. The maximum absolute atomic E-state index is 11.0. The number of nitrogens with one attached hydrogen (secondary N) is 1. The van der Waals surface area contributed by atoms with Crippen LogP contribution in [-0.4, -0.2) is 41.0 Å². The quantitative estimate of drug-likeness (QED) is 0.823. The third-order valence-electron chi connectivity index (χ3n) is 4.21. The van der Waals surface area contributed by atoms with Crippen LogP contribution in [0.25, 0.3) is 11.5 Å². The first kappa shape index (κ1) is 16.4. The van der Waals surface area contributed by atoms with Gasteiger partial charge in [-0.25, -0.2) is 9.97 Å². The van der Waals surface area contributed by atoms with Gasteiger partial charge in [-0.3, -0.25) is 9.78 Å². The lowest BCUT2D eigenvalue weighted by Gasteiger charge is -2.21. The van der Waals surface area contributed by atoms with E-state index < -0.39 is 0 Å². The highest BCUT2D eigenvalue weighted by Gasteiger charge is 2.22. The van der Waals surface area contributed by atoms with Crippen molar-refractivity contribution in [2.75, 3.05) is 25.0 Å². The Kier molecular flexibility index (Phi) is 5.03. The van der Waals surface area contributed by atoms with E-state index in [0.717, 1.165) is 49.4 Å². The molecule has 0 spiro atoms. The van der Waals surface area contributed by atoms with Crippen LogP contribution >= 0.6 is 0 Å². The molecule has 6 nitrogen and oxygen atoms in total. The first-order valence-corrected chi connectivity index (χ1v) is 8.42. The van der Waals surface area contributed by atoms with E-state index in [1.807, 2.05) is 18.2 Å². The van der Waals surface area contributed by atoms with Gasteiger partial charge in [-0.1, -0.05) is 6.07 Å². The fraction of sp³-hybridized carbons (Fsp3) is 0.444. The van der Waals surface area contributed by atoms with Gasteiger partial charge in [0.1, 0.15) is 11.5 Å². The minimum Gasteiger partial charge on any atom is -0.359 e. The van der Waals surface area contributed by atoms with Crippen molar-refractivity contribution in [2.24, 2.45) is 0 Å². The van der Waals surface area contributed by atoms with E-state index in [2.05, 4.69) is 22.2 Å². The topological polar surface area (TPSA) is 71.0 Å². The van der Waals surface area contributed by atoms with E-state index in [0.29, 0.717) is 12.4 Å². The molecule has 24 heavy (non-hydrogen) atoms. The highest BCUT2D eigenvalue weighted by atomic mass is 16.1. The largest absolute Gasteiger partial charge is 0.359 e. The van der Waals surface area contributed by atoms with Crippen molar-refractivity contribution in [3.05, 3.63) is 35.7 Å². The fourth-order valence-corrected chi connectivity index (χ4v) is 3.02. The van der Waals surface area contributed by atoms with E-state index in [-0.39, 0.29) is 5.91 Å². The van der Waals surface area contributed by atoms with Crippen LogP contribution in [0.2, 0.25) is 0 Å². The Labute approximate surface area is 142 Å². The number of amides is 1. The number of pyridine rings is 1. The predicted octanol–water partition coefficient (Wildman–Crippen LogP) is 1.99. The summed E-state index contributed by atoms with van der Waals surface area (Å²) in [5.74, 6) is 1.71. The van der Waals surface area contributed by atoms with Crippen molar-refractivity contribution in [3.8, 4) is 11.5 Å². The van der Waals surface area contributed by atoms with Crippen molar-refractivity contribution in [2.45, 2.75) is 32.6 Å². The number of carbonyl (C=O) groups is 1. The van der Waals surface area contributed by atoms with Gasteiger partial charge in [0, 0.05) is 44.5 Å². The van der Waals surface area contributed by atoms with Crippen molar-refractivity contribution in [1.82, 2.24) is 20.3 Å². The summed E-state index contributed by atoms with van der Waals surface area (Å²) in [6.45, 7) is 3.06. The number of nitrogens with zero attached hydrogens (tertiary/aromatic N) is 4. The number of fused-ring (bicyclic) bond motifs is 1. The van der Waals surface area contributed by atoms with Gasteiger partial charge >= 0.3 is 0 Å². The second-order valence-electron chi connectivity index (χ2n) is 6.12. The number of aryl methyl sites for hydroxylation is 1. The second kappa shape index (κ2) is 7.38. The number of hydrogen-bond acceptors (Lipinski definition) is 5. The van der Waals surface area contributed by atoms with Crippen molar-refractivity contribution in [3.63, 3.8) is 0 Å². The molecule has 1 aliphatic carbocycles. The normalized spacial score (nSPS) is 12.8. The maximum Gasteiger partial charge on any atom is 0.216 e. The molecule has 0 aliphatic heterocycles. The molecule has 0 saturated heterocycles. The first-order valence-electron chi connectivity index (χ1n) is 8.42. The molecule has 0 unspecified atom stereocenters. The minimum atomic E-state index is 0.0121. The Hall–Kier alpha value is -2.50. The molecule has 2 heterocycles. The molecule has 6 heteroatoms. The zero-order chi connectivity index (χ0) is 16.9. The molecule has 1 N–H and O–H groups in total. The highest BCUT2D eigenvalue weighted by molar-refractivity contribution is 5.72. The van der Waals surface area contributed by atoms with Crippen LogP contribution in [0.1, 0.15) is 31.0 Å². The van der Waals surface area contributed by atoms with Crippen LogP contribution in [-0.2, 0) is 17.6 Å². The molecule has 126 valence electrons. The monoisotopic (exact) mass is 325 g/mol. The van der Waals surface area contributed by atoms with E-state index in [4.69, 9.17) is 9.97 Å².